The van der Waals surface area contributed by atoms with E-state index in [1.807, 2.05) is 44.3 Å². The van der Waals surface area contributed by atoms with Crippen LogP contribution < -0.4 is 17.4 Å². The van der Waals surface area contributed by atoms with Crippen molar-refractivity contribution >= 4 is 11.4 Å². The number of halogens is 1. The number of benzene rings is 1. The first kappa shape index (κ1) is 15.1. The minimum absolute atomic E-state index is 0. The van der Waals surface area contributed by atoms with E-state index in [0.29, 0.717) is 11.4 Å². The van der Waals surface area contributed by atoms with E-state index in [1.54, 1.807) is 18.3 Å². The molecule has 1 heterocycles. The number of pyridine rings is 1. The molecule has 0 aliphatic rings. The molecular weight excluding hydrogens is 262 g/mol. The van der Waals surface area contributed by atoms with Crippen LogP contribution in [-0.2, 0) is 0 Å². The van der Waals surface area contributed by atoms with Crippen molar-refractivity contribution in [1.82, 2.24) is 4.98 Å². The van der Waals surface area contributed by atoms with Gasteiger partial charge in [0.2, 0.25) is 0 Å². The van der Waals surface area contributed by atoms with Gasteiger partial charge < -0.3 is 17.5 Å². The summed E-state index contributed by atoms with van der Waals surface area (Å²) in [7, 11) is 1.94. The quantitative estimate of drug-likeness (QED) is 0.522. The molecule has 0 saturated heterocycles. The van der Waals surface area contributed by atoms with Crippen molar-refractivity contribution in [2.45, 2.75) is 6.92 Å². The van der Waals surface area contributed by atoms with Crippen LogP contribution in [0.25, 0.3) is 0 Å². The van der Waals surface area contributed by atoms with E-state index in [2.05, 4.69) is 10.1 Å². The number of nitrogens with one attached hydrogen (secondary N) is 1. The molecule has 1 atom stereocenters. The Morgan fingerprint density at radius 1 is 1.16 bits per heavy atom. The van der Waals surface area contributed by atoms with Gasteiger partial charge in [-0.15, -0.1) is 0 Å². The van der Waals surface area contributed by atoms with Crippen LogP contribution in [0, 0.1) is 0 Å². The smallest absolute Gasteiger partial charge is 0.157 e. The summed E-state index contributed by atoms with van der Waals surface area (Å²) in [6, 6.07) is 13.2. The SMILES string of the molecule is CC(=N[NH+](C)c1ccccc1)c1ncccc1O.[Cl-]. The summed E-state index contributed by atoms with van der Waals surface area (Å²) in [4.78, 5) is 4.13. The maximum Gasteiger partial charge on any atom is 0.157 e. The molecule has 1 unspecified atom stereocenters. The monoisotopic (exact) mass is 277 g/mol. The Balaban J connectivity index is 0.00000180. The van der Waals surface area contributed by atoms with Crippen LogP contribution in [0.2, 0.25) is 0 Å². The topological polar surface area (TPSA) is 49.9 Å². The number of para-hydroxylation sites is 1. The first-order valence-electron chi connectivity index (χ1n) is 5.77. The summed E-state index contributed by atoms with van der Waals surface area (Å²) in [5, 5.41) is 15.1. The molecule has 0 amide bonds. The third kappa shape index (κ3) is 3.77. The molecule has 0 bridgehead atoms. The van der Waals surface area contributed by atoms with E-state index in [0.717, 1.165) is 10.7 Å². The molecule has 5 heteroatoms. The summed E-state index contributed by atoms with van der Waals surface area (Å²) in [6.45, 7) is 1.84. The highest BCUT2D eigenvalue weighted by molar-refractivity contribution is 5.98. The van der Waals surface area contributed by atoms with Gasteiger partial charge >= 0.3 is 0 Å². The second-order valence-corrected chi connectivity index (χ2v) is 4.02. The van der Waals surface area contributed by atoms with Gasteiger partial charge in [-0.25, -0.2) is 0 Å². The van der Waals surface area contributed by atoms with Gasteiger partial charge in [0.25, 0.3) is 0 Å². The van der Waals surface area contributed by atoms with E-state index < -0.39 is 0 Å². The van der Waals surface area contributed by atoms with Gasteiger partial charge in [-0.05, 0) is 19.1 Å². The number of rotatable bonds is 3. The van der Waals surface area contributed by atoms with Gasteiger partial charge in [-0.2, -0.15) is 5.01 Å². The number of hydrogen-bond donors (Lipinski definition) is 2. The average molecular weight is 278 g/mol. The van der Waals surface area contributed by atoms with Gasteiger partial charge in [0, 0.05) is 18.3 Å². The molecule has 1 aromatic heterocycles. The van der Waals surface area contributed by atoms with Gasteiger partial charge in [0.15, 0.2) is 5.69 Å². The lowest BCUT2D eigenvalue weighted by atomic mass is 10.2. The van der Waals surface area contributed by atoms with Crippen LogP contribution in [0.15, 0.2) is 53.8 Å². The lowest BCUT2D eigenvalue weighted by Gasteiger charge is -2.08. The Hall–Kier alpha value is -1.91. The molecular formula is C14H16ClN3O. The number of nitrogens with zero attached hydrogens (tertiary/aromatic N) is 2. The minimum Gasteiger partial charge on any atom is -1.00 e. The number of quaternary nitrogens is 1. The normalized spacial score (nSPS) is 12.6. The van der Waals surface area contributed by atoms with E-state index in [4.69, 9.17) is 0 Å². The van der Waals surface area contributed by atoms with Crippen molar-refractivity contribution in [1.29, 1.82) is 0 Å². The lowest BCUT2D eigenvalue weighted by molar-refractivity contribution is -0.817. The number of hydrogen-bond acceptors (Lipinski definition) is 3. The molecule has 0 aliphatic heterocycles. The maximum atomic E-state index is 9.71. The first-order valence-corrected chi connectivity index (χ1v) is 5.77. The molecule has 19 heavy (non-hydrogen) atoms. The second kappa shape index (κ2) is 6.87. The third-order valence-electron chi connectivity index (χ3n) is 2.66. The molecule has 2 N–H and O–H groups in total. The third-order valence-corrected chi connectivity index (χ3v) is 2.66. The van der Waals surface area contributed by atoms with Crippen molar-refractivity contribution < 1.29 is 22.5 Å². The van der Waals surface area contributed by atoms with Gasteiger partial charge in [0.05, 0.1) is 7.05 Å². The van der Waals surface area contributed by atoms with Crippen LogP contribution >= 0.6 is 0 Å². The highest BCUT2D eigenvalue weighted by Crippen LogP contribution is 2.12. The molecule has 2 rings (SSSR count). The van der Waals surface area contributed by atoms with E-state index in [-0.39, 0.29) is 18.2 Å². The Morgan fingerprint density at radius 2 is 1.84 bits per heavy atom. The molecule has 0 fully saturated rings. The molecule has 4 nitrogen and oxygen atoms in total. The van der Waals surface area contributed by atoms with Crippen LogP contribution in [0.1, 0.15) is 12.6 Å². The van der Waals surface area contributed by atoms with Gasteiger partial charge in [-0.3, -0.25) is 4.98 Å². The maximum absolute atomic E-state index is 9.71. The Bertz CT molecular complexity index is 558. The zero-order valence-corrected chi connectivity index (χ0v) is 11.6. The van der Waals surface area contributed by atoms with Crippen molar-refractivity contribution in [2.75, 3.05) is 7.05 Å². The average Bonchev–Trinajstić information content (AvgIpc) is 2.40. The summed E-state index contributed by atoms with van der Waals surface area (Å²) in [5.74, 6) is 0.152. The van der Waals surface area contributed by atoms with Crippen LogP contribution in [0.4, 0.5) is 5.69 Å². The lowest BCUT2D eigenvalue weighted by Crippen LogP contribution is -3.00. The molecule has 0 spiro atoms. The van der Waals surface area contributed by atoms with E-state index in [9.17, 15) is 5.11 Å². The molecule has 0 saturated carbocycles. The summed E-state index contributed by atoms with van der Waals surface area (Å²) < 4.78 is 0. The van der Waals surface area contributed by atoms with Gasteiger partial charge in [-0.1, -0.05) is 23.3 Å². The zero-order valence-electron chi connectivity index (χ0n) is 10.8. The van der Waals surface area contributed by atoms with Crippen LogP contribution in [0.3, 0.4) is 0 Å². The Morgan fingerprint density at radius 3 is 2.47 bits per heavy atom. The molecule has 1 aromatic carbocycles. The van der Waals surface area contributed by atoms with E-state index >= 15 is 0 Å². The highest BCUT2D eigenvalue weighted by Gasteiger charge is 2.10. The Labute approximate surface area is 118 Å². The fourth-order valence-electron chi connectivity index (χ4n) is 1.72. The summed E-state index contributed by atoms with van der Waals surface area (Å²) in [6.07, 6.45) is 1.64. The van der Waals surface area contributed by atoms with Crippen molar-refractivity contribution in [2.24, 2.45) is 5.10 Å². The predicted molar refractivity (Wildman–Crippen MR) is 71.1 cm³/mol. The largest absolute Gasteiger partial charge is 1.00 e. The van der Waals surface area contributed by atoms with Gasteiger partial charge in [0.1, 0.15) is 17.2 Å². The fourth-order valence-corrected chi connectivity index (χ4v) is 1.72. The minimum atomic E-state index is 0. The Kier molecular flexibility index (Phi) is 5.48. The second-order valence-electron chi connectivity index (χ2n) is 4.02. The highest BCUT2D eigenvalue weighted by atomic mass is 35.5. The molecule has 100 valence electrons. The van der Waals surface area contributed by atoms with Crippen molar-refractivity contribution in [3.8, 4) is 5.75 Å². The van der Waals surface area contributed by atoms with Crippen molar-refractivity contribution in [3.05, 3.63) is 54.4 Å². The predicted octanol–water partition coefficient (Wildman–Crippen LogP) is -1.64. The van der Waals surface area contributed by atoms with E-state index in [1.165, 1.54) is 0 Å². The molecule has 0 aliphatic carbocycles. The summed E-state index contributed by atoms with van der Waals surface area (Å²) in [5.41, 5.74) is 2.29. The standard InChI is InChI=1S/C14H15N3O.ClH/c1-11(14-13(18)9-6-10-15-14)16-17(2)12-7-4-3-5-8-12;/h3-10,18H,1-2H3;1H. The molecule has 0 radical (unpaired) electrons. The van der Waals surface area contributed by atoms with Crippen LogP contribution in [0.5, 0.6) is 5.75 Å². The summed E-state index contributed by atoms with van der Waals surface area (Å²) >= 11 is 0. The number of aromatic hydroxyl groups is 1. The molecule has 2 aromatic rings. The van der Waals surface area contributed by atoms with Crippen molar-refractivity contribution in [3.63, 3.8) is 0 Å². The zero-order chi connectivity index (χ0) is 13.0. The number of aromatic nitrogens is 1. The fraction of sp³-hybridized carbons (Fsp3) is 0.143. The van der Waals surface area contributed by atoms with Crippen LogP contribution in [-0.4, -0.2) is 22.8 Å². The first-order chi connectivity index (χ1) is 8.68.